The molecule has 18 heavy (non-hydrogen) atoms. The Balaban J connectivity index is 2.46. The Labute approximate surface area is 105 Å². The van der Waals surface area contributed by atoms with Crippen LogP contribution in [-0.4, -0.2) is 25.3 Å². The van der Waals surface area contributed by atoms with Crippen molar-refractivity contribution in [3.05, 3.63) is 45.8 Å². The summed E-state index contributed by atoms with van der Waals surface area (Å²) in [5.41, 5.74) is 2.35. The number of rotatable bonds is 4. The molecule has 96 valence electrons. The van der Waals surface area contributed by atoms with Crippen LogP contribution in [0.1, 0.15) is 11.1 Å². The van der Waals surface area contributed by atoms with Crippen LogP contribution in [0.5, 0.6) is 0 Å². The molecular formula is C14H18NO3+. The molecule has 4 nitrogen and oxygen atoms in total. The third-order valence-electron chi connectivity index (χ3n) is 3.02. The van der Waals surface area contributed by atoms with Crippen molar-refractivity contribution in [1.29, 1.82) is 0 Å². The number of benzene rings is 1. The molecule has 2 aromatic rings. The number of aryl methyl sites for hydroxylation is 1. The molecule has 1 unspecified atom stereocenters. The van der Waals surface area contributed by atoms with Crippen LogP contribution in [0, 0.1) is 6.92 Å². The minimum Gasteiger partial charge on any atom is -0.423 e. The van der Waals surface area contributed by atoms with Gasteiger partial charge in [0.2, 0.25) is 0 Å². The molecule has 1 heterocycles. The molecule has 1 aromatic heterocycles. The van der Waals surface area contributed by atoms with Crippen molar-refractivity contribution in [2.75, 3.05) is 20.2 Å². The van der Waals surface area contributed by atoms with Gasteiger partial charge < -0.3 is 14.4 Å². The van der Waals surface area contributed by atoms with Gasteiger partial charge in [-0.15, -0.1) is 0 Å². The summed E-state index contributed by atoms with van der Waals surface area (Å²) in [4.78, 5) is 12.7. The predicted molar refractivity (Wildman–Crippen MR) is 69.8 cm³/mol. The maximum absolute atomic E-state index is 11.5. The minimum atomic E-state index is -0.320. The molecule has 1 atom stereocenters. The summed E-state index contributed by atoms with van der Waals surface area (Å²) in [6.07, 6.45) is 0. The van der Waals surface area contributed by atoms with Gasteiger partial charge in [0.25, 0.3) is 0 Å². The lowest BCUT2D eigenvalue weighted by molar-refractivity contribution is -0.893. The van der Waals surface area contributed by atoms with Gasteiger partial charge in [-0.3, -0.25) is 0 Å². The first-order valence-corrected chi connectivity index (χ1v) is 6.05. The summed E-state index contributed by atoms with van der Waals surface area (Å²) >= 11 is 0. The molecule has 0 radical (unpaired) electrons. The number of quaternary nitrogens is 1. The molecule has 0 amide bonds. The van der Waals surface area contributed by atoms with Crippen LogP contribution in [-0.2, 0) is 6.54 Å². The first-order chi connectivity index (χ1) is 8.60. The van der Waals surface area contributed by atoms with Crippen molar-refractivity contribution in [1.82, 2.24) is 0 Å². The summed E-state index contributed by atoms with van der Waals surface area (Å²) < 4.78 is 5.21. The highest BCUT2D eigenvalue weighted by Gasteiger charge is 2.10. The maximum Gasteiger partial charge on any atom is 0.336 e. The van der Waals surface area contributed by atoms with Crippen LogP contribution >= 0.6 is 0 Å². The molecule has 0 aliphatic heterocycles. The zero-order chi connectivity index (χ0) is 13.1. The van der Waals surface area contributed by atoms with Gasteiger partial charge in [0.05, 0.1) is 13.7 Å². The number of likely N-dealkylation sites (N-methyl/N-ethyl adjacent to an activating group) is 1. The van der Waals surface area contributed by atoms with E-state index in [0.717, 1.165) is 21.4 Å². The molecular weight excluding hydrogens is 230 g/mol. The lowest BCUT2D eigenvalue weighted by Crippen LogP contribution is -3.08. The average molecular weight is 248 g/mol. The van der Waals surface area contributed by atoms with E-state index >= 15 is 0 Å². The van der Waals surface area contributed by atoms with Gasteiger partial charge in [-0.05, 0) is 18.6 Å². The number of hydrogen-bond acceptors (Lipinski definition) is 3. The standard InChI is InChI=1S/C14H17NO3/c1-10-3-4-12-11(9-15(2)5-6-16)8-14(17)18-13(12)7-10/h3-4,7-8,16H,5-6,9H2,1-2H3/p+1. The van der Waals surface area contributed by atoms with Crippen LogP contribution in [0.25, 0.3) is 11.0 Å². The quantitative estimate of drug-likeness (QED) is 0.755. The zero-order valence-corrected chi connectivity index (χ0v) is 10.7. The average Bonchev–Trinajstić information content (AvgIpc) is 2.28. The van der Waals surface area contributed by atoms with E-state index in [-0.39, 0.29) is 12.2 Å². The Morgan fingerprint density at radius 1 is 1.33 bits per heavy atom. The van der Waals surface area contributed by atoms with Crippen molar-refractivity contribution in [2.45, 2.75) is 13.5 Å². The highest BCUT2D eigenvalue weighted by molar-refractivity contribution is 5.80. The van der Waals surface area contributed by atoms with Gasteiger partial charge in [-0.2, -0.15) is 0 Å². The zero-order valence-electron chi connectivity index (χ0n) is 10.7. The lowest BCUT2D eigenvalue weighted by Gasteiger charge is -2.13. The van der Waals surface area contributed by atoms with E-state index in [1.165, 1.54) is 0 Å². The number of nitrogens with one attached hydrogen (secondary N) is 1. The number of hydrogen-bond donors (Lipinski definition) is 2. The van der Waals surface area contributed by atoms with Crippen molar-refractivity contribution >= 4 is 11.0 Å². The van der Waals surface area contributed by atoms with Gasteiger partial charge in [0, 0.05) is 17.0 Å². The van der Waals surface area contributed by atoms with E-state index in [1.807, 2.05) is 32.2 Å². The smallest absolute Gasteiger partial charge is 0.336 e. The van der Waals surface area contributed by atoms with Crippen molar-refractivity contribution in [2.24, 2.45) is 0 Å². The third-order valence-corrected chi connectivity index (χ3v) is 3.02. The van der Waals surface area contributed by atoms with E-state index in [0.29, 0.717) is 18.7 Å². The van der Waals surface area contributed by atoms with Crippen LogP contribution in [0.15, 0.2) is 33.5 Å². The Bertz CT molecular complexity index is 604. The molecule has 0 spiro atoms. The fourth-order valence-corrected chi connectivity index (χ4v) is 2.09. The molecule has 4 heteroatoms. The normalized spacial score (nSPS) is 12.8. The van der Waals surface area contributed by atoms with Crippen LogP contribution < -0.4 is 10.5 Å². The van der Waals surface area contributed by atoms with E-state index in [2.05, 4.69) is 0 Å². The van der Waals surface area contributed by atoms with Gasteiger partial charge in [-0.1, -0.05) is 12.1 Å². The summed E-state index contributed by atoms with van der Waals surface area (Å²) in [6, 6.07) is 7.41. The highest BCUT2D eigenvalue weighted by atomic mass is 16.4. The summed E-state index contributed by atoms with van der Waals surface area (Å²) in [5.74, 6) is 0. The number of fused-ring (bicyclic) bond motifs is 1. The summed E-state index contributed by atoms with van der Waals surface area (Å²) in [7, 11) is 1.99. The van der Waals surface area contributed by atoms with Crippen molar-refractivity contribution in [3.63, 3.8) is 0 Å². The molecule has 0 fully saturated rings. The third kappa shape index (κ3) is 2.78. The van der Waals surface area contributed by atoms with Gasteiger partial charge in [-0.25, -0.2) is 4.79 Å². The summed E-state index contributed by atoms with van der Waals surface area (Å²) in [5, 5.41) is 9.89. The predicted octanol–water partition coefficient (Wildman–Crippen LogP) is 0.108. The molecule has 0 aliphatic carbocycles. The fourth-order valence-electron chi connectivity index (χ4n) is 2.09. The minimum absolute atomic E-state index is 0.143. The second kappa shape index (κ2) is 5.33. The Morgan fingerprint density at radius 3 is 2.83 bits per heavy atom. The first kappa shape index (κ1) is 12.8. The number of aliphatic hydroxyl groups is 1. The Kier molecular flexibility index (Phi) is 3.79. The second-order valence-electron chi connectivity index (χ2n) is 4.70. The van der Waals surface area contributed by atoms with Crippen molar-refractivity contribution in [3.8, 4) is 0 Å². The van der Waals surface area contributed by atoms with Gasteiger partial charge in [0.1, 0.15) is 18.7 Å². The summed E-state index contributed by atoms with van der Waals surface area (Å²) in [6.45, 7) is 3.47. The molecule has 0 saturated heterocycles. The van der Waals surface area contributed by atoms with E-state index in [9.17, 15) is 4.79 Å². The van der Waals surface area contributed by atoms with Crippen LogP contribution in [0.2, 0.25) is 0 Å². The van der Waals surface area contributed by atoms with Gasteiger partial charge >= 0.3 is 5.63 Å². The largest absolute Gasteiger partial charge is 0.423 e. The Hall–Kier alpha value is -1.65. The molecule has 0 bridgehead atoms. The SMILES string of the molecule is Cc1ccc2c(C[NH+](C)CCO)cc(=O)oc2c1. The molecule has 2 N–H and O–H groups in total. The molecule has 2 rings (SSSR count). The Morgan fingerprint density at radius 2 is 2.11 bits per heavy atom. The lowest BCUT2D eigenvalue weighted by atomic mass is 10.1. The topological polar surface area (TPSA) is 54.9 Å². The molecule has 0 aliphatic rings. The highest BCUT2D eigenvalue weighted by Crippen LogP contribution is 2.17. The second-order valence-corrected chi connectivity index (χ2v) is 4.70. The van der Waals surface area contributed by atoms with E-state index < -0.39 is 0 Å². The fraction of sp³-hybridized carbons (Fsp3) is 0.357. The van der Waals surface area contributed by atoms with Crippen LogP contribution in [0.3, 0.4) is 0 Å². The molecule has 1 aromatic carbocycles. The van der Waals surface area contributed by atoms with E-state index in [4.69, 9.17) is 9.52 Å². The van der Waals surface area contributed by atoms with Crippen LogP contribution in [0.4, 0.5) is 0 Å². The molecule has 0 saturated carbocycles. The maximum atomic E-state index is 11.5. The van der Waals surface area contributed by atoms with Crippen molar-refractivity contribution < 1.29 is 14.4 Å². The number of aliphatic hydroxyl groups excluding tert-OH is 1. The first-order valence-electron chi connectivity index (χ1n) is 6.05. The monoisotopic (exact) mass is 248 g/mol. The van der Waals surface area contributed by atoms with Gasteiger partial charge in [0.15, 0.2) is 0 Å². The van der Waals surface area contributed by atoms with E-state index in [1.54, 1.807) is 6.07 Å².